The summed E-state index contributed by atoms with van der Waals surface area (Å²) < 4.78 is 1.03. The molecule has 0 spiro atoms. The molecule has 4 nitrogen and oxygen atoms in total. The van der Waals surface area contributed by atoms with Crippen molar-refractivity contribution in [1.29, 1.82) is 0 Å². The maximum atomic E-state index is 11.9. The van der Waals surface area contributed by atoms with Crippen LogP contribution >= 0.6 is 15.9 Å². The van der Waals surface area contributed by atoms with Crippen molar-refractivity contribution < 1.29 is 4.79 Å². The number of aromatic amines is 1. The van der Waals surface area contributed by atoms with Crippen molar-refractivity contribution in [3.8, 4) is 0 Å². The van der Waals surface area contributed by atoms with Crippen LogP contribution in [-0.4, -0.2) is 16.1 Å². The minimum Gasteiger partial charge on any atom is -0.309 e. The predicted octanol–water partition coefficient (Wildman–Crippen LogP) is 3.36. The number of rotatable bonds is 4. The molecule has 0 aliphatic carbocycles. The first kappa shape index (κ1) is 13.8. The van der Waals surface area contributed by atoms with Crippen molar-refractivity contribution in [1.82, 2.24) is 10.2 Å². The van der Waals surface area contributed by atoms with E-state index in [1.165, 1.54) is 0 Å². The quantitative estimate of drug-likeness (QED) is 0.907. The third-order valence-corrected chi connectivity index (χ3v) is 3.53. The SMILES string of the molecule is Cc1[nH]nc(NC(=O)CCc2cccc(Br)c2)c1C. The summed E-state index contributed by atoms with van der Waals surface area (Å²) in [5.74, 6) is 0.603. The molecule has 1 aromatic carbocycles. The summed E-state index contributed by atoms with van der Waals surface area (Å²) in [6.07, 6.45) is 1.16. The van der Waals surface area contributed by atoms with Gasteiger partial charge in [0.1, 0.15) is 0 Å². The maximum absolute atomic E-state index is 11.9. The molecular weight excluding hydrogens is 306 g/mol. The van der Waals surface area contributed by atoms with Crippen LogP contribution in [-0.2, 0) is 11.2 Å². The first-order valence-electron chi connectivity index (χ1n) is 6.12. The maximum Gasteiger partial charge on any atom is 0.225 e. The number of aromatic nitrogens is 2. The number of carbonyl (C=O) groups excluding carboxylic acids is 1. The van der Waals surface area contributed by atoms with Crippen LogP contribution in [0.4, 0.5) is 5.82 Å². The number of anilines is 1. The molecule has 2 aromatic rings. The molecule has 1 heterocycles. The van der Waals surface area contributed by atoms with Gasteiger partial charge in [-0.15, -0.1) is 0 Å². The van der Waals surface area contributed by atoms with Gasteiger partial charge in [0, 0.05) is 22.2 Å². The van der Waals surface area contributed by atoms with Gasteiger partial charge in [0.05, 0.1) is 0 Å². The first-order valence-corrected chi connectivity index (χ1v) is 6.91. The van der Waals surface area contributed by atoms with Crippen LogP contribution in [0, 0.1) is 13.8 Å². The van der Waals surface area contributed by atoms with Crippen molar-refractivity contribution in [2.45, 2.75) is 26.7 Å². The van der Waals surface area contributed by atoms with E-state index >= 15 is 0 Å². The van der Waals surface area contributed by atoms with E-state index in [2.05, 4.69) is 31.4 Å². The first-order chi connectivity index (χ1) is 9.06. The zero-order chi connectivity index (χ0) is 13.8. The number of halogens is 1. The second-order valence-electron chi connectivity index (χ2n) is 4.50. The average Bonchev–Trinajstić information content (AvgIpc) is 2.69. The van der Waals surface area contributed by atoms with E-state index in [0.717, 1.165) is 21.3 Å². The molecule has 0 saturated heterocycles. The molecule has 100 valence electrons. The number of aryl methyl sites for hydroxylation is 2. The number of amides is 1. The van der Waals surface area contributed by atoms with E-state index in [1.807, 2.05) is 38.1 Å². The lowest BCUT2D eigenvalue weighted by Crippen LogP contribution is -2.13. The van der Waals surface area contributed by atoms with Crippen LogP contribution in [0.2, 0.25) is 0 Å². The van der Waals surface area contributed by atoms with Crippen molar-refractivity contribution >= 4 is 27.7 Å². The van der Waals surface area contributed by atoms with E-state index in [-0.39, 0.29) is 5.91 Å². The summed E-state index contributed by atoms with van der Waals surface area (Å²) >= 11 is 3.42. The number of hydrogen-bond acceptors (Lipinski definition) is 2. The molecule has 1 aromatic heterocycles. The minimum atomic E-state index is -0.0189. The van der Waals surface area contributed by atoms with E-state index in [9.17, 15) is 4.79 Å². The number of carbonyl (C=O) groups is 1. The number of H-pyrrole nitrogens is 1. The molecule has 2 N–H and O–H groups in total. The highest BCUT2D eigenvalue weighted by Gasteiger charge is 2.09. The Hall–Kier alpha value is -1.62. The lowest BCUT2D eigenvalue weighted by molar-refractivity contribution is -0.116. The van der Waals surface area contributed by atoms with Crippen molar-refractivity contribution in [2.75, 3.05) is 5.32 Å². The molecule has 0 aliphatic heterocycles. The molecule has 0 unspecified atom stereocenters. The summed E-state index contributed by atoms with van der Waals surface area (Å²) in [6.45, 7) is 3.86. The topological polar surface area (TPSA) is 57.8 Å². The zero-order valence-electron chi connectivity index (χ0n) is 11.0. The van der Waals surface area contributed by atoms with Gasteiger partial charge < -0.3 is 5.32 Å². The largest absolute Gasteiger partial charge is 0.309 e. The second-order valence-corrected chi connectivity index (χ2v) is 5.42. The highest BCUT2D eigenvalue weighted by Crippen LogP contribution is 2.15. The van der Waals surface area contributed by atoms with Gasteiger partial charge in [0.25, 0.3) is 0 Å². The fourth-order valence-corrected chi connectivity index (χ4v) is 2.20. The Morgan fingerprint density at radius 2 is 2.21 bits per heavy atom. The third kappa shape index (κ3) is 3.67. The molecule has 0 saturated carbocycles. The standard InChI is InChI=1S/C14H16BrN3O/c1-9-10(2)17-18-14(9)16-13(19)7-6-11-4-3-5-12(15)8-11/h3-5,8H,6-7H2,1-2H3,(H2,16,17,18,19). The van der Waals surface area contributed by atoms with Crippen LogP contribution < -0.4 is 5.32 Å². The van der Waals surface area contributed by atoms with Crippen LogP contribution in [0.15, 0.2) is 28.7 Å². The highest BCUT2D eigenvalue weighted by molar-refractivity contribution is 9.10. The molecule has 19 heavy (non-hydrogen) atoms. The van der Waals surface area contributed by atoms with Crippen LogP contribution in [0.1, 0.15) is 23.2 Å². The normalized spacial score (nSPS) is 10.5. The fourth-order valence-electron chi connectivity index (χ4n) is 1.75. The second kappa shape index (κ2) is 6.02. The molecule has 2 rings (SSSR count). The molecule has 0 aliphatic rings. The summed E-state index contributed by atoms with van der Waals surface area (Å²) in [7, 11) is 0. The van der Waals surface area contributed by atoms with Gasteiger partial charge in [-0.25, -0.2) is 0 Å². The Kier molecular flexibility index (Phi) is 4.37. The van der Waals surface area contributed by atoms with Gasteiger partial charge in [-0.2, -0.15) is 5.10 Å². The molecular formula is C14H16BrN3O. The van der Waals surface area contributed by atoms with Crippen LogP contribution in [0.5, 0.6) is 0 Å². The molecule has 5 heteroatoms. The Labute approximate surface area is 120 Å². The van der Waals surface area contributed by atoms with E-state index < -0.39 is 0 Å². The van der Waals surface area contributed by atoms with Gasteiger partial charge >= 0.3 is 0 Å². The average molecular weight is 322 g/mol. The molecule has 0 fully saturated rings. The van der Waals surface area contributed by atoms with Gasteiger partial charge in [-0.1, -0.05) is 28.1 Å². The number of nitrogens with one attached hydrogen (secondary N) is 2. The molecule has 0 atom stereocenters. The Balaban J connectivity index is 1.90. The smallest absolute Gasteiger partial charge is 0.225 e. The molecule has 0 radical (unpaired) electrons. The van der Waals surface area contributed by atoms with E-state index in [4.69, 9.17) is 0 Å². The zero-order valence-corrected chi connectivity index (χ0v) is 12.5. The van der Waals surface area contributed by atoms with Gasteiger partial charge in [-0.05, 0) is 38.0 Å². The van der Waals surface area contributed by atoms with Gasteiger partial charge in [0.15, 0.2) is 5.82 Å². The lowest BCUT2D eigenvalue weighted by Gasteiger charge is -2.04. The third-order valence-electron chi connectivity index (χ3n) is 3.04. The summed E-state index contributed by atoms with van der Waals surface area (Å²) in [5.41, 5.74) is 3.09. The molecule has 0 bridgehead atoms. The van der Waals surface area contributed by atoms with E-state index in [1.54, 1.807) is 0 Å². The lowest BCUT2D eigenvalue weighted by atomic mass is 10.1. The minimum absolute atomic E-state index is 0.0189. The van der Waals surface area contributed by atoms with Crippen molar-refractivity contribution in [3.05, 3.63) is 45.6 Å². The fraction of sp³-hybridized carbons (Fsp3) is 0.286. The monoisotopic (exact) mass is 321 g/mol. The summed E-state index contributed by atoms with van der Waals surface area (Å²) in [6, 6.07) is 7.98. The Morgan fingerprint density at radius 1 is 1.42 bits per heavy atom. The number of nitrogens with zero attached hydrogens (tertiary/aromatic N) is 1. The Morgan fingerprint density at radius 3 is 2.84 bits per heavy atom. The Bertz CT molecular complexity index is 592. The van der Waals surface area contributed by atoms with Gasteiger partial charge in [-0.3, -0.25) is 9.89 Å². The van der Waals surface area contributed by atoms with Gasteiger partial charge in [0.2, 0.25) is 5.91 Å². The highest BCUT2D eigenvalue weighted by atomic mass is 79.9. The van der Waals surface area contributed by atoms with Crippen molar-refractivity contribution in [2.24, 2.45) is 0 Å². The summed E-state index contributed by atoms with van der Waals surface area (Å²) in [5, 5.41) is 9.74. The summed E-state index contributed by atoms with van der Waals surface area (Å²) in [4.78, 5) is 11.9. The van der Waals surface area contributed by atoms with Crippen LogP contribution in [0.25, 0.3) is 0 Å². The predicted molar refractivity (Wildman–Crippen MR) is 79.2 cm³/mol. The molecule has 1 amide bonds. The van der Waals surface area contributed by atoms with Crippen molar-refractivity contribution in [3.63, 3.8) is 0 Å². The number of benzene rings is 1. The van der Waals surface area contributed by atoms with Crippen LogP contribution in [0.3, 0.4) is 0 Å². The van der Waals surface area contributed by atoms with E-state index in [0.29, 0.717) is 18.7 Å². The number of hydrogen-bond donors (Lipinski definition) is 2.